The van der Waals surface area contributed by atoms with Crippen molar-refractivity contribution in [3.63, 3.8) is 0 Å². The first kappa shape index (κ1) is 10.7. The van der Waals surface area contributed by atoms with Gasteiger partial charge in [-0.25, -0.2) is 8.78 Å². The van der Waals surface area contributed by atoms with Gasteiger partial charge in [0.1, 0.15) is 0 Å². The van der Waals surface area contributed by atoms with E-state index in [9.17, 15) is 8.78 Å². The minimum absolute atomic E-state index is 0.0340. The fourth-order valence-corrected chi connectivity index (χ4v) is 1.40. The van der Waals surface area contributed by atoms with Crippen LogP contribution in [0.15, 0.2) is 36.7 Å². The molecule has 0 radical (unpaired) electrons. The van der Waals surface area contributed by atoms with Crippen LogP contribution in [0, 0.1) is 6.92 Å². The van der Waals surface area contributed by atoms with Crippen LogP contribution in [0.1, 0.15) is 17.6 Å². The highest BCUT2D eigenvalue weighted by atomic mass is 19.3. The lowest BCUT2D eigenvalue weighted by atomic mass is 10.1. The van der Waals surface area contributed by atoms with Crippen LogP contribution in [0.3, 0.4) is 0 Å². The molecule has 0 unspecified atom stereocenters. The molecule has 0 aliphatic rings. The van der Waals surface area contributed by atoms with Gasteiger partial charge in [-0.05, 0) is 36.8 Å². The number of aromatic nitrogens is 2. The third-order valence-electron chi connectivity index (χ3n) is 2.21. The zero-order valence-corrected chi connectivity index (χ0v) is 8.69. The van der Waals surface area contributed by atoms with Gasteiger partial charge in [-0.1, -0.05) is 0 Å². The van der Waals surface area contributed by atoms with Crippen LogP contribution in [0.4, 0.5) is 8.78 Å². The first-order valence-corrected chi connectivity index (χ1v) is 4.84. The molecule has 0 spiro atoms. The molecular formula is C12H10F2N2. The highest BCUT2D eigenvalue weighted by molar-refractivity contribution is 5.55. The number of alkyl halides is 2. The molecule has 0 N–H and O–H groups in total. The van der Waals surface area contributed by atoms with Crippen molar-refractivity contribution in [3.8, 4) is 11.4 Å². The standard InChI is InChI=1S/C12H10F2N2/c1-8-2-4-15-10(6-8)11-7-9(12(13)14)3-5-16-11/h2-7,12H,1H3. The summed E-state index contributed by atoms with van der Waals surface area (Å²) in [7, 11) is 0. The Bertz CT molecular complexity index is 498. The molecule has 2 aromatic heterocycles. The van der Waals surface area contributed by atoms with Crippen LogP contribution in [0.25, 0.3) is 11.4 Å². The molecule has 2 heterocycles. The number of nitrogens with zero attached hydrogens (tertiary/aromatic N) is 2. The van der Waals surface area contributed by atoms with Gasteiger partial charge in [0, 0.05) is 18.0 Å². The van der Waals surface area contributed by atoms with Gasteiger partial charge in [0.2, 0.25) is 0 Å². The van der Waals surface area contributed by atoms with Gasteiger partial charge in [-0.3, -0.25) is 9.97 Å². The van der Waals surface area contributed by atoms with Crippen molar-refractivity contribution in [1.82, 2.24) is 9.97 Å². The SMILES string of the molecule is Cc1ccnc(-c2cc(C(F)F)ccn2)c1. The molecular weight excluding hydrogens is 210 g/mol. The van der Waals surface area contributed by atoms with Crippen molar-refractivity contribution in [3.05, 3.63) is 47.8 Å². The second kappa shape index (κ2) is 4.35. The summed E-state index contributed by atoms with van der Waals surface area (Å²) in [5, 5.41) is 0. The number of hydrogen-bond donors (Lipinski definition) is 0. The lowest BCUT2D eigenvalue weighted by Gasteiger charge is -2.03. The second-order valence-corrected chi connectivity index (χ2v) is 3.49. The average molecular weight is 220 g/mol. The van der Waals surface area contributed by atoms with E-state index in [1.807, 2.05) is 19.1 Å². The summed E-state index contributed by atoms with van der Waals surface area (Å²) < 4.78 is 25.0. The van der Waals surface area contributed by atoms with Crippen LogP contribution in [-0.2, 0) is 0 Å². The van der Waals surface area contributed by atoms with E-state index >= 15 is 0 Å². The Kier molecular flexibility index (Phi) is 2.90. The lowest BCUT2D eigenvalue weighted by Crippen LogP contribution is -1.91. The van der Waals surface area contributed by atoms with Crippen molar-refractivity contribution >= 4 is 0 Å². The van der Waals surface area contributed by atoms with E-state index < -0.39 is 6.43 Å². The first-order chi connectivity index (χ1) is 7.66. The van der Waals surface area contributed by atoms with Crippen molar-refractivity contribution in [2.45, 2.75) is 13.3 Å². The van der Waals surface area contributed by atoms with Crippen molar-refractivity contribution in [1.29, 1.82) is 0 Å². The van der Waals surface area contributed by atoms with Crippen LogP contribution in [-0.4, -0.2) is 9.97 Å². The van der Waals surface area contributed by atoms with Gasteiger partial charge >= 0.3 is 0 Å². The average Bonchev–Trinajstić information content (AvgIpc) is 2.29. The Labute approximate surface area is 92.0 Å². The summed E-state index contributed by atoms with van der Waals surface area (Å²) in [5.41, 5.74) is 2.08. The third kappa shape index (κ3) is 2.21. The zero-order chi connectivity index (χ0) is 11.5. The smallest absolute Gasteiger partial charge is 0.255 e. The highest BCUT2D eigenvalue weighted by Crippen LogP contribution is 2.22. The quantitative estimate of drug-likeness (QED) is 0.775. The largest absolute Gasteiger partial charge is 0.263 e. The first-order valence-electron chi connectivity index (χ1n) is 4.84. The molecule has 0 saturated carbocycles. The maximum Gasteiger partial charge on any atom is 0.263 e. The zero-order valence-electron chi connectivity index (χ0n) is 8.69. The third-order valence-corrected chi connectivity index (χ3v) is 2.21. The predicted octanol–water partition coefficient (Wildman–Crippen LogP) is 3.39. The van der Waals surface area contributed by atoms with Crippen LogP contribution < -0.4 is 0 Å². The summed E-state index contributed by atoms with van der Waals surface area (Å²) >= 11 is 0. The molecule has 0 bridgehead atoms. The lowest BCUT2D eigenvalue weighted by molar-refractivity contribution is 0.151. The monoisotopic (exact) mass is 220 g/mol. The van der Waals surface area contributed by atoms with E-state index in [-0.39, 0.29) is 5.56 Å². The number of halogens is 2. The maximum absolute atomic E-state index is 12.5. The van der Waals surface area contributed by atoms with E-state index in [2.05, 4.69) is 9.97 Å². The Morgan fingerprint density at radius 1 is 1.00 bits per heavy atom. The molecule has 0 fully saturated rings. The molecule has 0 aliphatic carbocycles. The van der Waals surface area contributed by atoms with Gasteiger partial charge in [-0.15, -0.1) is 0 Å². The normalized spacial score (nSPS) is 10.8. The molecule has 0 atom stereocenters. The minimum atomic E-state index is -2.48. The number of rotatable bonds is 2. The van der Waals surface area contributed by atoms with Gasteiger partial charge in [0.05, 0.1) is 11.4 Å². The number of hydrogen-bond acceptors (Lipinski definition) is 2. The Morgan fingerprint density at radius 2 is 1.62 bits per heavy atom. The van der Waals surface area contributed by atoms with Gasteiger partial charge in [0.25, 0.3) is 6.43 Å². The second-order valence-electron chi connectivity index (χ2n) is 3.49. The van der Waals surface area contributed by atoms with Crippen LogP contribution >= 0.6 is 0 Å². The number of pyridine rings is 2. The molecule has 0 saturated heterocycles. The summed E-state index contributed by atoms with van der Waals surface area (Å²) in [6, 6.07) is 6.34. The molecule has 0 amide bonds. The van der Waals surface area contributed by atoms with Crippen molar-refractivity contribution in [2.75, 3.05) is 0 Å². The van der Waals surface area contributed by atoms with E-state index in [1.54, 1.807) is 6.20 Å². The predicted molar refractivity (Wildman–Crippen MR) is 57.2 cm³/mol. The van der Waals surface area contributed by atoms with E-state index in [0.29, 0.717) is 11.4 Å². The molecule has 0 aromatic carbocycles. The number of aryl methyl sites for hydroxylation is 1. The van der Waals surface area contributed by atoms with E-state index in [4.69, 9.17) is 0 Å². The minimum Gasteiger partial charge on any atom is -0.255 e. The van der Waals surface area contributed by atoms with Gasteiger partial charge in [0.15, 0.2) is 0 Å². The van der Waals surface area contributed by atoms with Crippen LogP contribution in [0.5, 0.6) is 0 Å². The van der Waals surface area contributed by atoms with Crippen molar-refractivity contribution in [2.24, 2.45) is 0 Å². The van der Waals surface area contributed by atoms with Crippen LogP contribution in [0.2, 0.25) is 0 Å². The van der Waals surface area contributed by atoms with E-state index in [1.165, 1.54) is 18.3 Å². The van der Waals surface area contributed by atoms with Gasteiger partial charge < -0.3 is 0 Å². The molecule has 82 valence electrons. The molecule has 16 heavy (non-hydrogen) atoms. The van der Waals surface area contributed by atoms with E-state index in [0.717, 1.165) is 5.56 Å². The Hall–Kier alpha value is -1.84. The highest BCUT2D eigenvalue weighted by Gasteiger charge is 2.09. The maximum atomic E-state index is 12.5. The summed E-state index contributed by atoms with van der Waals surface area (Å²) in [6.07, 6.45) is 0.536. The topological polar surface area (TPSA) is 25.8 Å². The fraction of sp³-hybridized carbons (Fsp3) is 0.167. The summed E-state index contributed by atoms with van der Waals surface area (Å²) in [6.45, 7) is 1.92. The molecule has 0 aliphatic heterocycles. The molecule has 4 heteroatoms. The summed E-state index contributed by atoms with van der Waals surface area (Å²) in [4.78, 5) is 8.14. The van der Waals surface area contributed by atoms with Crippen molar-refractivity contribution < 1.29 is 8.78 Å². The molecule has 2 aromatic rings. The summed E-state index contributed by atoms with van der Waals surface area (Å²) in [5.74, 6) is 0. The van der Waals surface area contributed by atoms with Gasteiger partial charge in [-0.2, -0.15) is 0 Å². The fourth-order valence-electron chi connectivity index (χ4n) is 1.40. The Morgan fingerprint density at radius 3 is 2.25 bits per heavy atom. The Balaban J connectivity index is 2.44. The molecule has 2 nitrogen and oxygen atoms in total. The molecule has 2 rings (SSSR count).